The fourth-order valence-electron chi connectivity index (χ4n) is 1.96. The lowest BCUT2D eigenvalue weighted by Gasteiger charge is -2.32. The van der Waals surface area contributed by atoms with Gasteiger partial charge in [0, 0.05) is 22.2 Å². The van der Waals surface area contributed by atoms with Crippen LogP contribution in [0.25, 0.3) is 0 Å². The molecule has 0 aliphatic heterocycles. The Balaban J connectivity index is 2.57. The number of benzene rings is 1. The van der Waals surface area contributed by atoms with Crippen LogP contribution in [-0.4, -0.2) is 11.3 Å². The quantitative estimate of drug-likeness (QED) is 0.807. The van der Waals surface area contributed by atoms with Crippen molar-refractivity contribution in [1.29, 1.82) is 0 Å². The summed E-state index contributed by atoms with van der Waals surface area (Å²) in [6.07, 6.45) is -4.09. The van der Waals surface area contributed by atoms with E-state index >= 15 is 0 Å². The van der Waals surface area contributed by atoms with Crippen molar-refractivity contribution in [3.63, 3.8) is 0 Å². The molecule has 6 heteroatoms. The summed E-state index contributed by atoms with van der Waals surface area (Å²) < 4.78 is 39.1. The molecule has 1 aromatic carbocycles. The molecule has 0 bridgehead atoms. The average molecular weight is 266 g/mol. The Kier molecular flexibility index (Phi) is 2.78. The average Bonchev–Trinajstić information content (AvgIpc) is 3.02. The van der Waals surface area contributed by atoms with Gasteiger partial charge in [0.2, 0.25) is 0 Å². The normalized spacial score (nSPS) is 20.1. The summed E-state index contributed by atoms with van der Waals surface area (Å²) in [5.41, 5.74) is 2.19. The lowest BCUT2D eigenvalue weighted by atomic mass is 9.87. The SMILES string of the molecule is Nc1ccc(Cl)cc1[C@@](O)(C1CC1)C(F)(F)F. The van der Waals surface area contributed by atoms with Crippen molar-refractivity contribution in [3.8, 4) is 0 Å². The summed E-state index contributed by atoms with van der Waals surface area (Å²) in [5, 5.41) is 10.1. The lowest BCUT2D eigenvalue weighted by Crippen LogP contribution is -2.44. The third-order valence-corrected chi connectivity index (χ3v) is 3.26. The van der Waals surface area contributed by atoms with Crippen LogP contribution in [0, 0.1) is 5.92 Å². The molecule has 3 N–H and O–H groups in total. The van der Waals surface area contributed by atoms with Gasteiger partial charge >= 0.3 is 6.18 Å². The monoisotopic (exact) mass is 265 g/mol. The van der Waals surface area contributed by atoms with Crippen molar-refractivity contribution in [2.45, 2.75) is 24.6 Å². The maximum atomic E-state index is 13.0. The van der Waals surface area contributed by atoms with Crippen molar-refractivity contribution in [2.75, 3.05) is 5.73 Å². The minimum atomic E-state index is -4.76. The summed E-state index contributed by atoms with van der Waals surface area (Å²) in [6, 6.07) is 3.75. The van der Waals surface area contributed by atoms with Crippen LogP contribution in [0.4, 0.5) is 18.9 Å². The minimum absolute atomic E-state index is 0.0962. The molecule has 0 heterocycles. The Hall–Kier alpha value is -0.940. The smallest absolute Gasteiger partial charge is 0.398 e. The largest absolute Gasteiger partial charge is 0.421 e. The minimum Gasteiger partial charge on any atom is -0.398 e. The van der Waals surface area contributed by atoms with Gasteiger partial charge in [-0.15, -0.1) is 0 Å². The second-order valence-electron chi connectivity index (χ2n) is 4.27. The Morgan fingerprint density at radius 1 is 1.29 bits per heavy atom. The Bertz CT molecular complexity index is 445. The zero-order valence-electron chi connectivity index (χ0n) is 8.76. The fourth-order valence-corrected chi connectivity index (χ4v) is 2.14. The third-order valence-electron chi connectivity index (χ3n) is 3.03. The van der Waals surface area contributed by atoms with E-state index in [0.717, 1.165) is 6.07 Å². The first kappa shape index (κ1) is 12.5. The van der Waals surface area contributed by atoms with Gasteiger partial charge in [0.05, 0.1) is 0 Å². The van der Waals surface area contributed by atoms with E-state index in [1.54, 1.807) is 0 Å². The zero-order chi connectivity index (χ0) is 12.8. The molecule has 1 aliphatic rings. The molecule has 1 atom stereocenters. The predicted molar refractivity (Wildman–Crippen MR) is 58.5 cm³/mol. The molecule has 0 aromatic heterocycles. The highest BCUT2D eigenvalue weighted by Crippen LogP contribution is 2.55. The molecule has 1 aromatic rings. The number of aliphatic hydroxyl groups is 1. The summed E-state index contributed by atoms with van der Waals surface area (Å²) in [7, 11) is 0. The maximum absolute atomic E-state index is 13.0. The molecule has 0 unspecified atom stereocenters. The van der Waals surface area contributed by atoms with Crippen LogP contribution >= 0.6 is 11.6 Å². The van der Waals surface area contributed by atoms with Gasteiger partial charge in [-0.2, -0.15) is 13.2 Å². The van der Waals surface area contributed by atoms with Gasteiger partial charge < -0.3 is 10.8 Å². The number of rotatable bonds is 2. The molecule has 0 spiro atoms. The van der Waals surface area contributed by atoms with Gasteiger partial charge in [-0.05, 0) is 31.0 Å². The highest BCUT2D eigenvalue weighted by atomic mass is 35.5. The van der Waals surface area contributed by atoms with Crippen molar-refractivity contribution in [1.82, 2.24) is 0 Å². The molecule has 94 valence electrons. The van der Waals surface area contributed by atoms with Gasteiger partial charge in [-0.25, -0.2) is 0 Å². The van der Waals surface area contributed by atoms with Crippen LogP contribution in [0.15, 0.2) is 18.2 Å². The van der Waals surface area contributed by atoms with E-state index in [1.165, 1.54) is 12.1 Å². The van der Waals surface area contributed by atoms with E-state index in [2.05, 4.69) is 0 Å². The van der Waals surface area contributed by atoms with Gasteiger partial charge in [-0.1, -0.05) is 11.6 Å². The zero-order valence-corrected chi connectivity index (χ0v) is 9.52. The summed E-state index contributed by atoms with van der Waals surface area (Å²) in [4.78, 5) is 0. The number of alkyl halides is 3. The molecule has 1 saturated carbocycles. The van der Waals surface area contributed by atoms with Gasteiger partial charge in [0.1, 0.15) is 0 Å². The number of anilines is 1. The standard InChI is InChI=1S/C11H11ClF3NO/c12-7-3-4-9(16)8(5-7)10(17,6-1-2-6)11(13,14)15/h3-6,17H,1-2,16H2/t10-/m0/s1. The number of halogens is 4. The number of nitrogen functional groups attached to an aromatic ring is 1. The van der Waals surface area contributed by atoms with Crippen molar-refractivity contribution in [3.05, 3.63) is 28.8 Å². The van der Waals surface area contributed by atoms with Crippen LogP contribution in [0.2, 0.25) is 5.02 Å². The highest BCUT2D eigenvalue weighted by Gasteiger charge is 2.63. The van der Waals surface area contributed by atoms with Crippen LogP contribution in [0.3, 0.4) is 0 Å². The maximum Gasteiger partial charge on any atom is 0.421 e. The molecule has 0 saturated heterocycles. The summed E-state index contributed by atoms with van der Waals surface area (Å²) >= 11 is 5.66. The Morgan fingerprint density at radius 3 is 2.35 bits per heavy atom. The summed E-state index contributed by atoms with van der Waals surface area (Å²) in [6.45, 7) is 0. The van der Waals surface area contributed by atoms with E-state index in [-0.39, 0.29) is 16.3 Å². The third kappa shape index (κ3) is 1.98. The van der Waals surface area contributed by atoms with E-state index in [4.69, 9.17) is 17.3 Å². The molecule has 2 rings (SSSR count). The number of hydrogen-bond acceptors (Lipinski definition) is 2. The van der Waals surface area contributed by atoms with E-state index in [0.29, 0.717) is 12.8 Å². The molecule has 1 fully saturated rings. The van der Waals surface area contributed by atoms with Crippen LogP contribution < -0.4 is 5.73 Å². The molecule has 17 heavy (non-hydrogen) atoms. The topological polar surface area (TPSA) is 46.2 Å². The van der Waals surface area contributed by atoms with Crippen LogP contribution in [0.5, 0.6) is 0 Å². The molecule has 1 aliphatic carbocycles. The van der Waals surface area contributed by atoms with E-state index < -0.39 is 17.7 Å². The lowest BCUT2D eigenvalue weighted by molar-refractivity contribution is -0.275. The fraction of sp³-hybridized carbons (Fsp3) is 0.455. The molecular weight excluding hydrogens is 255 g/mol. The van der Waals surface area contributed by atoms with Gasteiger partial charge in [-0.3, -0.25) is 0 Å². The second-order valence-corrected chi connectivity index (χ2v) is 4.71. The summed E-state index contributed by atoms with van der Waals surface area (Å²) in [5.74, 6) is -0.830. The Labute approximate surface area is 101 Å². The predicted octanol–water partition coefficient (Wildman–Crippen LogP) is 3.08. The first-order chi connectivity index (χ1) is 7.76. The van der Waals surface area contributed by atoms with Crippen molar-refractivity contribution >= 4 is 17.3 Å². The van der Waals surface area contributed by atoms with Crippen molar-refractivity contribution < 1.29 is 18.3 Å². The highest BCUT2D eigenvalue weighted by molar-refractivity contribution is 6.30. The number of hydrogen-bond donors (Lipinski definition) is 2. The Morgan fingerprint density at radius 2 is 1.88 bits per heavy atom. The molecular formula is C11H11ClF3NO. The van der Waals surface area contributed by atoms with Gasteiger partial charge in [0.15, 0.2) is 5.60 Å². The molecule has 0 radical (unpaired) electrons. The molecule has 2 nitrogen and oxygen atoms in total. The number of nitrogens with two attached hydrogens (primary N) is 1. The first-order valence-electron chi connectivity index (χ1n) is 5.11. The van der Waals surface area contributed by atoms with Crippen LogP contribution in [0.1, 0.15) is 18.4 Å². The second kappa shape index (κ2) is 3.78. The van der Waals surface area contributed by atoms with E-state index in [9.17, 15) is 18.3 Å². The van der Waals surface area contributed by atoms with Crippen LogP contribution in [-0.2, 0) is 5.60 Å². The first-order valence-corrected chi connectivity index (χ1v) is 5.49. The van der Waals surface area contributed by atoms with E-state index in [1.807, 2.05) is 0 Å². The van der Waals surface area contributed by atoms with Gasteiger partial charge in [0.25, 0.3) is 0 Å². The molecule has 0 amide bonds. The van der Waals surface area contributed by atoms with Crippen molar-refractivity contribution in [2.24, 2.45) is 5.92 Å².